The fraction of sp³-hybridized carbons (Fsp3) is 0.500. The van der Waals surface area contributed by atoms with E-state index in [4.69, 9.17) is 11.6 Å². The SMILES string of the molecule is ClC1C=C(c2ccccc2C2CCC2)CCC1. The minimum atomic E-state index is 0.244. The molecule has 1 aromatic carbocycles. The first-order chi connectivity index (χ1) is 8.34. The average Bonchev–Trinajstić information content (AvgIpc) is 2.27. The van der Waals surface area contributed by atoms with Crippen LogP contribution in [0.1, 0.15) is 55.6 Å². The van der Waals surface area contributed by atoms with Crippen LogP contribution >= 0.6 is 11.6 Å². The van der Waals surface area contributed by atoms with Crippen molar-refractivity contribution in [1.82, 2.24) is 0 Å². The van der Waals surface area contributed by atoms with E-state index in [1.54, 1.807) is 5.56 Å². The lowest BCUT2D eigenvalue weighted by Gasteiger charge is -2.29. The van der Waals surface area contributed by atoms with Gasteiger partial charge in [-0.25, -0.2) is 0 Å². The van der Waals surface area contributed by atoms with Crippen molar-refractivity contribution < 1.29 is 0 Å². The van der Waals surface area contributed by atoms with Crippen LogP contribution in [0.15, 0.2) is 30.3 Å². The summed E-state index contributed by atoms with van der Waals surface area (Å²) in [6.07, 6.45) is 9.99. The zero-order chi connectivity index (χ0) is 11.7. The molecular weight excluding hydrogens is 228 g/mol. The van der Waals surface area contributed by atoms with Crippen molar-refractivity contribution in [2.45, 2.75) is 49.8 Å². The molecule has 1 aromatic rings. The second kappa shape index (κ2) is 4.86. The first-order valence-electron chi connectivity index (χ1n) is 6.78. The lowest BCUT2D eigenvalue weighted by molar-refractivity contribution is 0.419. The summed E-state index contributed by atoms with van der Waals surface area (Å²) in [5.41, 5.74) is 4.53. The Morgan fingerprint density at radius 1 is 1.00 bits per heavy atom. The third-order valence-corrected chi connectivity index (χ3v) is 4.50. The molecule has 0 spiro atoms. The molecule has 0 bridgehead atoms. The smallest absolute Gasteiger partial charge is 0.0522 e. The van der Waals surface area contributed by atoms with Gasteiger partial charge in [-0.1, -0.05) is 36.8 Å². The monoisotopic (exact) mass is 246 g/mol. The van der Waals surface area contributed by atoms with E-state index in [1.807, 2.05) is 0 Å². The molecule has 2 aliphatic rings. The molecule has 0 amide bonds. The van der Waals surface area contributed by atoms with Gasteiger partial charge in [-0.3, -0.25) is 0 Å². The van der Waals surface area contributed by atoms with E-state index in [2.05, 4.69) is 30.3 Å². The summed E-state index contributed by atoms with van der Waals surface area (Å²) in [6.45, 7) is 0. The topological polar surface area (TPSA) is 0 Å². The maximum atomic E-state index is 6.26. The van der Waals surface area contributed by atoms with Gasteiger partial charge in [-0.15, -0.1) is 11.6 Å². The van der Waals surface area contributed by atoms with Crippen LogP contribution in [0.25, 0.3) is 5.57 Å². The fourth-order valence-electron chi connectivity index (χ4n) is 2.96. The number of hydrogen-bond donors (Lipinski definition) is 0. The number of halogens is 1. The number of alkyl halides is 1. The Morgan fingerprint density at radius 3 is 2.53 bits per heavy atom. The predicted octanol–water partition coefficient (Wildman–Crippen LogP) is 5.13. The normalized spacial score (nSPS) is 25.2. The number of benzene rings is 1. The van der Waals surface area contributed by atoms with Crippen LogP contribution < -0.4 is 0 Å². The summed E-state index contributed by atoms with van der Waals surface area (Å²) in [7, 11) is 0. The van der Waals surface area contributed by atoms with Gasteiger partial charge in [0.2, 0.25) is 0 Å². The third-order valence-electron chi connectivity index (χ3n) is 4.16. The van der Waals surface area contributed by atoms with Crippen LogP contribution in [-0.2, 0) is 0 Å². The van der Waals surface area contributed by atoms with Gasteiger partial charge in [0.1, 0.15) is 0 Å². The molecule has 0 N–H and O–H groups in total. The Bertz CT molecular complexity index is 429. The zero-order valence-corrected chi connectivity index (χ0v) is 10.9. The minimum Gasteiger partial charge on any atom is -0.118 e. The fourth-order valence-corrected chi connectivity index (χ4v) is 3.27. The summed E-state index contributed by atoms with van der Waals surface area (Å²) in [5.74, 6) is 0.808. The first-order valence-corrected chi connectivity index (χ1v) is 7.22. The van der Waals surface area contributed by atoms with Crippen LogP contribution in [0.2, 0.25) is 0 Å². The molecule has 1 fully saturated rings. The van der Waals surface area contributed by atoms with Crippen molar-refractivity contribution in [1.29, 1.82) is 0 Å². The van der Waals surface area contributed by atoms with E-state index in [0.717, 1.165) is 12.3 Å². The summed E-state index contributed by atoms with van der Waals surface area (Å²) in [6, 6.07) is 8.95. The van der Waals surface area contributed by atoms with Gasteiger partial charge in [0.15, 0.2) is 0 Å². The van der Waals surface area contributed by atoms with Gasteiger partial charge in [0.05, 0.1) is 5.38 Å². The molecule has 1 atom stereocenters. The molecule has 0 nitrogen and oxygen atoms in total. The largest absolute Gasteiger partial charge is 0.118 e. The van der Waals surface area contributed by atoms with Crippen molar-refractivity contribution in [3.63, 3.8) is 0 Å². The van der Waals surface area contributed by atoms with Gasteiger partial charge in [-0.05, 0) is 54.7 Å². The number of rotatable bonds is 2. The minimum absolute atomic E-state index is 0.244. The second-order valence-corrected chi connectivity index (χ2v) is 5.88. The maximum absolute atomic E-state index is 6.26. The molecule has 0 aliphatic heterocycles. The highest BCUT2D eigenvalue weighted by Gasteiger charge is 2.23. The molecule has 0 aromatic heterocycles. The summed E-state index contributed by atoms with van der Waals surface area (Å²) >= 11 is 6.26. The van der Waals surface area contributed by atoms with E-state index in [-0.39, 0.29) is 5.38 Å². The quantitative estimate of drug-likeness (QED) is 0.635. The van der Waals surface area contributed by atoms with Gasteiger partial charge in [0, 0.05) is 0 Å². The van der Waals surface area contributed by atoms with Crippen LogP contribution in [0, 0.1) is 0 Å². The molecule has 1 heteroatoms. The Labute approximate surface area is 109 Å². The van der Waals surface area contributed by atoms with Gasteiger partial charge < -0.3 is 0 Å². The molecule has 17 heavy (non-hydrogen) atoms. The van der Waals surface area contributed by atoms with E-state index in [1.165, 1.54) is 43.2 Å². The van der Waals surface area contributed by atoms with Crippen LogP contribution in [0.5, 0.6) is 0 Å². The maximum Gasteiger partial charge on any atom is 0.0522 e. The van der Waals surface area contributed by atoms with Crippen LogP contribution in [0.4, 0.5) is 0 Å². The molecule has 1 saturated carbocycles. The highest BCUT2D eigenvalue weighted by Crippen LogP contribution is 2.41. The Balaban J connectivity index is 1.96. The molecule has 2 aliphatic carbocycles. The number of allylic oxidation sites excluding steroid dienone is 2. The van der Waals surface area contributed by atoms with E-state index in [9.17, 15) is 0 Å². The zero-order valence-electron chi connectivity index (χ0n) is 10.2. The first kappa shape index (κ1) is 11.3. The lowest BCUT2D eigenvalue weighted by atomic mass is 9.76. The van der Waals surface area contributed by atoms with Crippen molar-refractivity contribution in [2.75, 3.05) is 0 Å². The van der Waals surface area contributed by atoms with Crippen molar-refractivity contribution in [2.24, 2.45) is 0 Å². The highest BCUT2D eigenvalue weighted by molar-refractivity contribution is 6.22. The lowest BCUT2D eigenvalue weighted by Crippen LogP contribution is -2.12. The summed E-state index contributed by atoms with van der Waals surface area (Å²) < 4.78 is 0. The van der Waals surface area contributed by atoms with Gasteiger partial charge in [0.25, 0.3) is 0 Å². The molecule has 0 heterocycles. The van der Waals surface area contributed by atoms with Gasteiger partial charge >= 0.3 is 0 Å². The van der Waals surface area contributed by atoms with Crippen LogP contribution in [0.3, 0.4) is 0 Å². The van der Waals surface area contributed by atoms with Crippen molar-refractivity contribution in [3.05, 3.63) is 41.5 Å². The van der Waals surface area contributed by atoms with Crippen LogP contribution in [-0.4, -0.2) is 5.38 Å². The summed E-state index contributed by atoms with van der Waals surface area (Å²) in [5, 5.41) is 0.244. The molecule has 1 unspecified atom stereocenters. The molecule has 0 saturated heterocycles. The standard InChI is InChI=1S/C16H19Cl/c17-14-8-4-7-13(11-14)16-10-2-1-9-15(16)12-5-3-6-12/h1-2,9-12,14H,3-8H2. The molecule has 90 valence electrons. The van der Waals surface area contributed by atoms with E-state index >= 15 is 0 Å². The van der Waals surface area contributed by atoms with E-state index in [0.29, 0.717) is 0 Å². The highest BCUT2D eigenvalue weighted by atomic mass is 35.5. The summed E-state index contributed by atoms with van der Waals surface area (Å²) in [4.78, 5) is 0. The second-order valence-electron chi connectivity index (χ2n) is 5.32. The number of hydrogen-bond acceptors (Lipinski definition) is 0. The van der Waals surface area contributed by atoms with Gasteiger partial charge in [-0.2, -0.15) is 0 Å². The molecule has 0 radical (unpaired) electrons. The average molecular weight is 247 g/mol. The molecular formula is C16H19Cl. The molecule has 3 rings (SSSR count). The Hall–Kier alpha value is -0.750. The van der Waals surface area contributed by atoms with Crippen molar-refractivity contribution >= 4 is 17.2 Å². The van der Waals surface area contributed by atoms with Crippen molar-refractivity contribution in [3.8, 4) is 0 Å². The third kappa shape index (κ3) is 2.28. The Kier molecular flexibility index (Phi) is 3.24. The van der Waals surface area contributed by atoms with E-state index < -0.39 is 0 Å². The predicted molar refractivity (Wildman–Crippen MR) is 74.5 cm³/mol. The Morgan fingerprint density at radius 2 is 1.82 bits per heavy atom.